The monoisotopic (exact) mass is 308 g/mol. The van der Waals surface area contributed by atoms with Gasteiger partial charge in [0.25, 0.3) is 10.1 Å². The van der Waals surface area contributed by atoms with Crippen LogP contribution in [0.2, 0.25) is 0 Å². The first-order chi connectivity index (χ1) is 9.33. The Morgan fingerprint density at radius 2 is 1.45 bits per heavy atom. The number of rotatable bonds is 7. The predicted molar refractivity (Wildman–Crippen MR) is 85.5 cm³/mol. The molecule has 1 N–H and O–H groups in total. The van der Waals surface area contributed by atoms with Gasteiger partial charge < -0.3 is 4.48 Å². The topological polar surface area (TPSA) is 54.4 Å². The van der Waals surface area contributed by atoms with Gasteiger partial charge in [-0.05, 0) is 38.5 Å². The van der Waals surface area contributed by atoms with E-state index in [2.05, 4.69) is 13.8 Å². The van der Waals surface area contributed by atoms with E-state index in [9.17, 15) is 8.42 Å². The average molecular weight is 309 g/mol. The first kappa shape index (κ1) is 19.9. The molecule has 0 saturated carbocycles. The predicted octanol–water partition coefficient (Wildman–Crippen LogP) is 3.48. The van der Waals surface area contributed by atoms with Gasteiger partial charge in [0, 0.05) is 0 Å². The third-order valence-corrected chi connectivity index (χ3v) is 3.95. The van der Waals surface area contributed by atoms with Gasteiger partial charge in [-0.1, -0.05) is 26.7 Å². The number of nitrogens with zero attached hydrogens (tertiary/aromatic N) is 1. The molecule has 1 aliphatic rings. The summed E-state index contributed by atoms with van der Waals surface area (Å²) in [6.45, 7) is 10.5. The zero-order valence-electron chi connectivity index (χ0n) is 13.6. The third-order valence-electron chi connectivity index (χ3n) is 3.95. The van der Waals surface area contributed by atoms with Crippen LogP contribution in [0.15, 0.2) is 0 Å². The van der Waals surface area contributed by atoms with Crippen LogP contribution in [0.25, 0.3) is 0 Å². The summed E-state index contributed by atoms with van der Waals surface area (Å²) in [6.07, 6.45) is 12.3. The first-order valence-corrected chi connectivity index (χ1v) is 9.95. The second-order valence-electron chi connectivity index (χ2n) is 6.09. The Balaban J connectivity index is 0.000000621. The fourth-order valence-electron chi connectivity index (χ4n) is 3.09. The molecule has 20 heavy (non-hydrogen) atoms. The summed E-state index contributed by atoms with van der Waals surface area (Å²) < 4.78 is 27.3. The van der Waals surface area contributed by atoms with E-state index in [-0.39, 0.29) is 0 Å². The quantitative estimate of drug-likeness (QED) is 0.445. The summed E-state index contributed by atoms with van der Waals surface area (Å²) in [5.74, 6) is 0. The molecule has 122 valence electrons. The summed E-state index contributed by atoms with van der Waals surface area (Å²) in [5, 5.41) is 0. The molecule has 0 aromatic heterocycles. The molecule has 0 spiro atoms. The zero-order valence-corrected chi connectivity index (χ0v) is 14.4. The third kappa shape index (κ3) is 11.7. The van der Waals surface area contributed by atoms with E-state index in [1.54, 1.807) is 0 Å². The molecule has 0 aromatic carbocycles. The van der Waals surface area contributed by atoms with Crippen molar-refractivity contribution in [1.29, 1.82) is 0 Å². The van der Waals surface area contributed by atoms with E-state index in [0.717, 1.165) is 0 Å². The lowest BCUT2D eigenvalue weighted by Crippen LogP contribution is -2.52. The Hall–Kier alpha value is -0.130. The van der Waals surface area contributed by atoms with Crippen molar-refractivity contribution in [3.63, 3.8) is 0 Å². The number of hydrogen-bond donors (Lipinski definition) is 1. The van der Waals surface area contributed by atoms with Crippen LogP contribution in [0.4, 0.5) is 0 Å². The van der Waals surface area contributed by atoms with E-state index in [1.807, 2.05) is 0 Å². The molecule has 1 heterocycles. The van der Waals surface area contributed by atoms with Gasteiger partial charge in [-0.3, -0.25) is 4.55 Å². The average Bonchev–Trinajstić information content (AvgIpc) is 2.34. The smallest absolute Gasteiger partial charge is 0.261 e. The molecule has 0 amide bonds. The van der Waals surface area contributed by atoms with Crippen LogP contribution in [-0.2, 0) is 10.1 Å². The van der Waals surface area contributed by atoms with Crippen LogP contribution in [0.5, 0.6) is 0 Å². The molecule has 0 aliphatic carbocycles. The fourth-order valence-corrected chi connectivity index (χ4v) is 3.09. The maximum Gasteiger partial charge on any atom is 0.261 e. The van der Waals surface area contributed by atoms with Gasteiger partial charge in [-0.15, -0.1) is 0 Å². The summed E-state index contributed by atoms with van der Waals surface area (Å²) in [6, 6.07) is 0. The Morgan fingerprint density at radius 3 is 1.90 bits per heavy atom. The van der Waals surface area contributed by atoms with Crippen LogP contribution in [-0.4, -0.2) is 49.9 Å². The highest BCUT2D eigenvalue weighted by Gasteiger charge is 2.27. The van der Waals surface area contributed by atoms with Crippen LogP contribution in [0, 0.1) is 0 Å². The largest absolute Gasteiger partial charge is 0.324 e. The van der Waals surface area contributed by atoms with E-state index >= 15 is 0 Å². The zero-order chi connectivity index (χ0) is 15.5. The van der Waals surface area contributed by atoms with Crippen molar-refractivity contribution < 1.29 is 17.5 Å². The lowest BCUT2D eigenvalue weighted by molar-refractivity contribution is -0.932. The van der Waals surface area contributed by atoms with Crippen LogP contribution < -0.4 is 0 Å². The molecule has 0 aromatic rings. The van der Waals surface area contributed by atoms with Crippen molar-refractivity contribution in [1.82, 2.24) is 0 Å². The molecular weight excluding hydrogens is 274 g/mol. The summed E-state index contributed by atoms with van der Waals surface area (Å²) in [5.41, 5.74) is 0. The molecule has 5 heteroatoms. The van der Waals surface area contributed by atoms with E-state index in [4.69, 9.17) is 4.55 Å². The van der Waals surface area contributed by atoms with Gasteiger partial charge in [-0.25, -0.2) is 0 Å². The fraction of sp³-hybridized carbons (Fsp3) is 1.00. The van der Waals surface area contributed by atoms with Gasteiger partial charge in [-0.2, -0.15) is 8.42 Å². The van der Waals surface area contributed by atoms with Gasteiger partial charge in [0.15, 0.2) is 0 Å². The molecule has 1 aliphatic heterocycles. The normalized spacial score (nSPS) is 18.2. The number of quaternary nitrogens is 1. The van der Waals surface area contributed by atoms with Crippen molar-refractivity contribution in [3.8, 4) is 0 Å². The molecule has 1 rings (SSSR count). The number of likely N-dealkylation sites (tertiary alicyclic amines) is 1. The Kier molecular flexibility index (Phi) is 10.5. The van der Waals surface area contributed by atoms with Crippen LogP contribution in [0.3, 0.4) is 0 Å². The summed E-state index contributed by atoms with van der Waals surface area (Å²) in [7, 11) is -3.67. The Bertz CT molecular complexity index is 309. The Labute approximate surface area is 125 Å². The van der Waals surface area contributed by atoms with Crippen molar-refractivity contribution in [2.24, 2.45) is 0 Å². The second-order valence-corrected chi connectivity index (χ2v) is 7.56. The lowest BCUT2D eigenvalue weighted by Gasteiger charge is -2.41. The van der Waals surface area contributed by atoms with E-state index < -0.39 is 10.1 Å². The summed E-state index contributed by atoms with van der Waals surface area (Å²) >= 11 is 0. The van der Waals surface area contributed by atoms with Crippen molar-refractivity contribution in [2.45, 2.75) is 65.2 Å². The molecule has 0 bridgehead atoms. The van der Waals surface area contributed by atoms with E-state index in [0.29, 0.717) is 6.26 Å². The van der Waals surface area contributed by atoms with Gasteiger partial charge >= 0.3 is 0 Å². The molecule has 1 fully saturated rings. The van der Waals surface area contributed by atoms with Gasteiger partial charge in [0.1, 0.15) is 0 Å². The lowest BCUT2D eigenvalue weighted by atomic mass is 10.1. The minimum Gasteiger partial charge on any atom is -0.324 e. The maximum absolute atomic E-state index is 9.19. The standard InChI is InChI=1S/C14H30N.CH4O3S/c1-3-5-6-8-12-15(11-4-2)13-9-7-10-14-15;1-5(2,3)4/h3-14H2,1-2H3;1H3,(H,2,3,4)/q+1;. The molecule has 4 nitrogen and oxygen atoms in total. The number of unbranched alkanes of at least 4 members (excludes halogenated alkanes) is 3. The SMILES string of the molecule is CCCCCC[N+]1(CCC)CCCCC1.CS(=O)(=O)O. The highest BCUT2D eigenvalue weighted by Crippen LogP contribution is 2.21. The molecule has 0 atom stereocenters. The highest BCUT2D eigenvalue weighted by atomic mass is 32.2. The first-order valence-electron chi connectivity index (χ1n) is 8.10. The second kappa shape index (κ2) is 10.6. The van der Waals surface area contributed by atoms with Crippen LogP contribution in [0.1, 0.15) is 65.2 Å². The Morgan fingerprint density at radius 1 is 0.900 bits per heavy atom. The van der Waals surface area contributed by atoms with Crippen molar-refractivity contribution in [2.75, 3.05) is 32.4 Å². The van der Waals surface area contributed by atoms with E-state index in [1.165, 1.54) is 82.0 Å². The minimum absolute atomic E-state index is 0.715. The minimum atomic E-state index is -3.67. The number of hydrogen-bond acceptors (Lipinski definition) is 2. The maximum atomic E-state index is 9.19. The molecule has 0 unspecified atom stereocenters. The summed E-state index contributed by atoms with van der Waals surface area (Å²) in [4.78, 5) is 0. The molecule has 0 radical (unpaired) electrons. The van der Waals surface area contributed by atoms with Crippen LogP contribution >= 0.6 is 0 Å². The van der Waals surface area contributed by atoms with Crippen molar-refractivity contribution in [3.05, 3.63) is 0 Å². The van der Waals surface area contributed by atoms with Gasteiger partial charge in [0.2, 0.25) is 0 Å². The number of piperidine rings is 1. The molecular formula is C15H34NO3S+. The van der Waals surface area contributed by atoms with Gasteiger partial charge in [0.05, 0.1) is 32.4 Å². The molecule has 1 saturated heterocycles. The van der Waals surface area contributed by atoms with Crippen molar-refractivity contribution >= 4 is 10.1 Å². The highest BCUT2D eigenvalue weighted by molar-refractivity contribution is 7.85.